The summed E-state index contributed by atoms with van der Waals surface area (Å²) in [6.07, 6.45) is 2.68. The maximum atomic E-state index is 11.1. The minimum atomic E-state index is -0.476. The van der Waals surface area contributed by atoms with Gasteiger partial charge >= 0.3 is 5.69 Å². The minimum Gasteiger partial charge on any atom is -0.384 e. The average molecular weight is 176 g/mol. The van der Waals surface area contributed by atoms with E-state index < -0.39 is 5.69 Å². The molecule has 5 nitrogen and oxygen atoms in total. The number of rotatable bonds is 2. The molecule has 0 spiro atoms. The van der Waals surface area contributed by atoms with E-state index in [0.717, 1.165) is 6.20 Å². The number of nitrogens with two attached hydrogens (primary N) is 1. The normalized spacial score (nSPS) is 9.15. The fourth-order valence-corrected chi connectivity index (χ4v) is 0.896. The lowest BCUT2D eigenvalue weighted by Crippen LogP contribution is -2.25. The summed E-state index contributed by atoms with van der Waals surface area (Å²) >= 11 is 0. The van der Waals surface area contributed by atoms with E-state index in [9.17, 15) is 4.79 Å². The molecule has 2 N–H and O–H groups in total. The molecule has 13 heavy (non-hydrogen) atoms. The lowest BCUT2D eigenvalue weighted by Gasteiger charge is -2.05. The third-order valence-corrected chi connectivity index (χ3v) is 1.53. The second-order valence-electron chi connectivity index (χ2n) is 2.35. The summed E-state index contributed by atoms with van der Waals surface area (Å²) < 4.78 is 1.19. The monoisotopic (exact) mass is 176 g/mol. The number of nitrogens with zero attached hydrogens (tertiary/aromatic N) is 3. The third kappa shape index (κ3) is 1.56. The summed E-state index contributed by atoms with van der Waals surface area (Å²) in [4.78, 5) is 14.6. The Hall–Kier alpha value is -2.09. The van der Waals surface area contributed by atoms with Crippen molar-refractivity contribution in [3.05, 3.63) is 34.9 Å². The van der Waals surface area contributed by atoms with E-state index in [-0.39, 0.29) is 17.9 Å². The molecule has 0 aliphatic rings. The molecule has 0 atom stereocenters. The van der Waals surface area contributed by atoms with Gasteiger partial charge in [0.15, 0.2) is 0 Å². The van der Waals surface area contributed by atoms with Gasteiger partial charge in [0.25, 0.3) is 0 Å². The first-order chi connectivity index (χ1) is 6.20. The second-order valence-corrected chi connectivity index (χ2v) is 2.35. The summed E-state index contributed by atoms with van der Waals surface area (Å²) in [6.45, 7) is 3.72. The molecule has 0 saturated heterocycles. The largest absolute Gasteiger partial charge is 0.384 e. The standard InChI is InChI=1S/C8H8N4O/c1-2-3-12-7(10)6(4-9)5-11-8(12)13/h2,5H,1,3,10H2. The number of hydrogen-bond donors (Lipinski definition) is 1. The Bertz CT molecular complexity index is 427. The van der Waals surface area contributed by atoms with Crippen LogP contribution in [0.5, 0.6) is 0 Å². The lowest BCUT2D eigenvalue weighted by molar-refractivity contribution is 0.754. The van der Waals surface area contributed by atoms with Gasteiger partial charge < -0.3 is 5.73 Å². The van der Waals surface area contributed by atoms with Gasteiger partial charge in [0.1, 0.15) is 17.5 Å². The summed E-state index contributed by atoms with van der Waals surface area (Å²) in [5.74, 6) is 0.127. The summed E-state index contributed by atoms with van der Waals surface area (Å²) in [5.41, 5.74) is 5.25. The number of allylic oxidation sites excluding steroid dienone is 1. The van der Waals surface area contributed by atoms with Gasteiger partial charge in [0.2, 0.25) is 0 Å². The Kier molecular flexibility index (Phi) is 2.45. The molecule has 1 aromatic heterocycles. The Morgan fingerprint density at radius 2 is 2.54 bits per heavy atom. The zero-order chi connectivity index (χ0) is 9.84. The maximum Gasteiger partial charge on any atom is 0.349 e. The molecule has 66 valence electrons. The van der Waals surface area contributed by atoms with E-state index in [4.69, 9.17) is 11.0 Å². The molecule has 1 rings (SSSR count). The molecule has 0 unspecified atom stereocenters. The highest BCUT2D eigenvalue weighted by atomic mass is 16.1. The van der Waals surface area contributed by atoms with Crippen molar-refractivity contribution in [3.8, 4) is 6.07 Å². The van der Waals surface area contributed by atoms with Gasteiger partial charge in [-0.25, -0.2) is 9.78 Å². The third-order valence-electron chi connectivity index (χ3n) is 1.53. The first kappa shape index (κ1) is 9.00. The van der Waals surface area contributed by atoms with Crippen LogP contribution in [0.15, 0.2) is 23.6 Å². The van der Waals surface area contributed by atoms with Gasteiger partial charge in [-0.1, -0.05) is 6.08 Å². The molecule has 0 aromatic carbocycles. The van der Waals surface area contributed by atoms with Crippen molar-refractivity contribution < 1.29 is 0 Å². The molecule has 0 radical (unpaired) electrons. The molecule has 0 bridgehead atoms. The van der Waals surface area contributed by atoms with Crippen LogP contribution < -0.4 is 11.4 Å². The van der Waals surface area contributed by atoms with E-state index in [1.807, 2.05) is 6.07 Å². The van der Waals surface area contributed by atoms with Crippen LogP contribution in [0.1, 0.15) is 5.56 Å². The van der Waals surface area contributed by atoms with E-state index in [0.29, 0.717) is 0 Å². The summed E-state index contributed by atoms with van der Waals surface area (Å²) in [5, 5.41) is 8.59. The second kappa shape index (κ2) is 3.54. The molecule has 0 aliphatic carbocycles. The van der Waals surface area contributed by atoms with Gasteiger partial charge in [-0.2, -0.15) is 5.26 Å². The molecule has 0 fully saturated rings. The number of anilines is 1. The van der Waals surface area contributed by atoms with Gasteiger partial charge in [-0.05, 0) is 0 Å². The number of nitriles is 1. The van der Waals surface area contributed by atoms with Crippen LogP contribution in [0, 0.1) is 11.3 Å². The van der Waals surface area contributed by atoms with Crippen LogP contribution >= 0.6 is 0 Å². The smallest absolute Gasteiger partial charge is 0.349 e. The highest BCUT2D eigenvalue weighted by Crippen LogP contribution is 2.04. The van der Waals surface area contributed by atoms with E-state index in [1.165, 1.54) is 10.6 Å². The Labute approximate surface area is 74.7 Å². The number of aromatic nitrogens is 2. The molecular formula is C8H8N4O. The van der Waals surface area contributed by atoms with Gasteiger partial charge in [0, 0.05) is 6.54 Å². The molecule has 1 heterocycles. The van der Waals surface area contributed by atoms with E-state index >= 15 is 0 Å². The first-order valence-electron chi connectivity index (χ1n) is 3.57. The highest BCUT2D eigenvalue weighted by Gasteiger charge is 2.05. The quantitative estimate of drug-likeness (QED) is 0.637. The lowest BCUT2D eigenvalue weighted by atomic mass is 10.3. The van der Waals surface area contributed by atoms with Crippen molar-refractivity contribution in [1.82, 2.24) is 9.55 Å². The van der Waals surface area contributed by atoms with Crippen LogP contribution in [0.3, 0.4) is 0 Å². The summed E-state index contributed by atoms with van der Waals surface area (Å²) in [6, 6.07) is 1.84. The van der Waals surface area contributed by atoms with Crippen LogP contribution in [0.25, 0.3) is 0 Å². The Morgan fingerprint density at radius 3 is 3.08 bits per heavy atom. The SMILES string of the molecule is C=CCn1c(N)c(C#N)cnc1=O. The van der Waals surface area contributed by atoms with Gasteiger partial charge in [0.05, 0.1) is 6.20 Å². The highest BCUT2D eigenvalue weighted by molar-refractivity contribution is 5.46. The van der Waals surface area contributed by atoms with Crippen LogP contribution in [-0.2, 0) is 6.54 Å². The maximum absolute atomic E-state index is 11.1. The zero-order valence-electron chi connectivity index (χ0n) is 6.90. The fraction of sp³-hybridized carbons (Fsp3) is 0.125. The predicted molar refractivity (Wildman–Crippen MR) is 47.8 cm³/mol. The zero-order valence-corrected chi connectivity index (χ0v) is 6.90. The van der Waals surface area contributed by atoms with Gasteiger partial charge in [-0.3, -0.25) is 4.57 Å². The van der Waals surface area contributed by atoms with Gasteiger partial charge in [-0.15, -0.1) is 6.58 Å². The predicted octanol–water partition coefficient (Wildman–Crippen LogP) is -0.117. The van der Waals surface area contributed by atoms with Crippen LogP contribution in [-0.4, -0.2) is 9.55 Å². The molecule has 0 aliphatic heterocycles. The summed E-state index contributed by atoms with van der Waals surface area (Å²) in [7, 11) is 0. The fourth-order valence-electron chi connectivity index (χ4n) is 0.896. The number of hydrogen-bond acceptors (Lipinski definition) is 4. The topological polar surface area (TPSA) is 84.7 Å². The average Bonchev–Trinajstić information content (AvgIpc) is 2.12. The van der Waals surface area contributed by atoms with E-state index in [1.54, 1.807) is 0 Å². The van der Waals surface area contributed by atoms with Crippen molar-refractivity contribution in [2.45, 2.75) is 6.54 Å². The minimum absolute atomic E-state index is 0.127. The molecular weight excluding hydrogens is 168 g/mol. The molecule has 1 aromatic rings. The van der Waals surface area contributed by atoms with Crippen molar-refractivity contribution in [1.29, 1.82) is 5.26 Å². The van der Waals surface area contributed by atoms with Crippen LogP contribution in [0.4, 0.5) is 5.82 Å². The van der Waals surface area contributed by atoms with Crippen molar-refractivity contribution >= 4 is 5.82 Å². The van der Waals surface area contributed by atoms with Crippen molar-refractivity contribution in [2.75, 3.05) is 5.73 Å². The van der Waals surface area contributed by atoms with E-state index in [2.05, 4.69) is 11.6 Å². The molecule has 5 heteroatoms. The van der Waals surface area contributed by atoms with Crippen LogP contribution in [0.2, 0.25) is 0 Å². The molecule has 0 amide bonds. The first-order valence-corrected chi connectivity index (χ1v) is 3.57. The number of nitrogen functional groups attached to an aromatic ring is 1. The van der Waals surface area contributed by atoms with Crippen molar-refractivity contribution in [3.63, 3.8) is 0 Å². The Balaban J connectivity index is 3.40. The molecule has 0 saturated carbocycles. The van der Waals surface area contributed by atoms with Crippen molar-refractivity contribution in [2.24, 2.45) is 0 Å². The Morgan fingerprint density at radius 1 is 1.85 bits per heavy atom.